The molecule has 0 aliphatic carbocycles. The molecule has 8 heteroatoms. The van der Waals surface area contributed by atoms with E-state index in [1.165, 1.54) is 0 Å². The first kappa shape index (κ1) is 16.2. The number of piperidine rings is 1. The van der Waals surface area contributed by atoms with Crippen molar-refractivity contribution in [2.45, 2.75) is 25.3 Å². The summed E-state index contributed by atoms with van der Waals surface area (Å²) in [4.78, 5) is 18.5. The zero-order valence-electron chi connectivity index (χ0n) is 13.7. The van der Waals surface area contributed by atoms with E-state index in [-0.39, 0.29) is 5.91 Å². The van der Waals surface area contributed by atoms with Crippen LogP contribution in [0, 0.1) is 0 Å². The Labute approximate surface area is 150 Å². The molecule has 0 radical (unpaired) electrons. The maximum absolute atomic E-state index is 12.6. The average molecular weight is 363 g/mol. The van der Waals surface area contributed by atoms with E-state index in [4.69, 9.17) is 21.1 Å². The molecule has 25 heavy (non-hydrogen) atoms. The molecule has 0 atom stereocenters. The Morgan fingerprint density at radius 2 is 2.04 bits per heavy atom. The summed E-state index contributed by atoms with van der Waals surface area (Å²) in [5.74, 6) is 1.29. The van der Waals surface area contributed by atoms with Gasteiger partial charge in [-0.25, -0.2) is 9.67 Å². The molecule has 1 aromatic carbocycles. The fraction of sp³-hybridized carbons (Fsp3) is 0.471. The van der Waals surface area contributed by atoms with E-state index in [2.05, 4.69) is 10.1 Å². The van der Waals surface area contributed by atoms with Crippen LogP contribution in [-0.4, -0.2) is 51.9 Å². The first-order valence-corrected chi connectivity index (χ1v) is 8.78. The van der Waals surface area contributed by atoms with Gasteiger partial charge in [0.2, 0.25) is 5.91 Å². The molecule has 2 aliphatic rings. The molecule has 0 spiro atoms. The van der Waals surface area contributed by atoms with Crippen LogP contribution in [0.1, 0.15) is 24.4 Å². The standard InChI is InChI=1S/C17H19ClN4O3/c18-14-7-12(8-15-17(14)25-6-5-24-15)9-16(23)21-3-1-13(2-4-21)22-11-19-10-20-22/h7-8,10-11,13H,1-6,9H2. The zero-order valence-corrected chi connectivity index (χ0v) is 14.5. The molecule has 0 unspecified atom stereocenters. The van der Waals surface area contributed by atoms with Gasteiger partial charge in [-0.05, 0) is 30.5 Å². The first-order chi connectivity index (χ1) is 12.2. The number of benzene rings is 1. The average Bonchev–Trinajstić information content (AvgIpc) is 3.16. The van der Waals surface area contributed by atoms with Crippen LogP contribution in [0.15, 0.2) is 24.8 Å². The van der Waals surface area contributed by atoms with Crippen molar-refractivity contribution in [3.8, 4) is 11.5 Å². The summed E-state index contributed by atoms with van der Waals surface area (Å²) in [6.07, 6.45) is 5.36. The molecule has 0 saturated carbocycles. The number of nitrogens with zero attached hydrogens (tertiary/aromatic N) is 4. The Hall–Kier alpha value is -2.28. The van der Waals surface area contributed by atoms with Gasteiger partial charge in [0.1, 0.15) is 25.9 Å². The largest absolute Gasteiger partial charge is 0.486 e. The number of amides is 1. The smallest absolute Gasteiger partial charge is 0.226 e. The Morgan fingerprint density at radius 1 is 1.24 bits per heavy atom. The highest BCUT2D eigenvalue weighted by Crippen LogP contribution is 2.38. The molecule has 0 N–H and O–H groups in total. The van der Waals surface area contributed by atoms with Crippen molar-refractivity contribution in [3.05, 3.63) is 35.4 Å². The van der Waals surface area contributed by atoms with Gasteiger partial charge in [-0.15, -0.1) is 0 Å². The predicted molar refractivity (Wildman–Crippen MR) is 91.0 cm³/mol. The summed E-state index contributed by atoms with van der Waals surface area (Å²) in [6, 6.07) is 3.95. The van der Waals surface area contributed by atoms with Crippen LogP contribution in [-0.2, 0) is 11.2 Å². The second-order valence-electron chi connectivity index (χ2n) is 6.27. The summed E-state index contributed by atoms with van der Waals surface area (Å²) in [5, 5.41) is 4.68. The van der Waals surface area contributed by atoms with Crippen LogP contribution in [0.5, 0.6) is 11.5 Å². The van der Waals surface area contributed by atoms with Gasteiger partial charge in [0.25, 0.3) is 0 Å². The van der Waals surface area contributed by atoms with E-state index >= 15 is 0 Å². The van der Waals surface area contributed by atoms with Crippen LogP contribution in [0.3, 0.4) is 0 Å². The lowest BCUT2D eigenvalue weighted by Gasteiger charge is -2.32. The molecule has 1 aromatic heterocycles. The highest BCUT2D eigenvalue weighted by molar-refractivity contribution is 6.32. The third-order valence-electron chi connectivity index (χ3n) is 4.64. The lowest BCUT2D eigenvalue weighted by molar-refractivity contribution is -0.131. The molecular weight excluding hydrogens is 344 g/mol. The Morgan fingerprint density at radius 3 is 2.80 bits per heavy atom. The predicted octanol–water partition coefficient (Wildman–Crippen LogP) is 2.11. The van der Waals surface area contributed by atoms with Crippen molar-refractivity contribution in [2.75, 3.05) is 26.3 Å². The second kappa shape index (κ2) is 6.92. The second-order valence-corrected chi connectivity index (χ2v) is 6.67. The Kier molecular flexibility index (Phi) is 4.48. The summed E-state index contributed by atoms with van der Waals surface area (Å²) in [7, 11) is 0. The SMILES string of the molecule is O=C(Cc1cc(Cl)c2c(c1)OCCO2)N1CCC(n2cncn2)CC1. The number of aromatic nitrogens is 3. The van der Waals surface area contributed by atoms with E-state index in [9.17, 15) is 4.79 Å². The Bertz CT molecular complexity index is 758. The van der Waals surface area contributed by atoms with Gasteiger partial charge >= 0.3 is 0 Å². The lowest BCUT2D eigenvalue weighted by Crippen LogP contribution is -2.40. The molecular formula is C17H19ClN4O3. The monoisotopic (exact) mass is 362 g/mol. The van der Waals surface area contributed by atoms with E-state index in [1.807, 2.05) is 15.6 Å². The minimum absolute atomic E-state index is 0.102. The van der Waals surface area contributed by atoms with Crippen LogP contribution in [0.25, 0.3) is 0 Å². The van der Waals surface area contributed by atoms with Crippen LogP contribution in [0.2, 0.25) is 5.02 Å². The fourth-order valence-electron chi connectivity index (χ4n) is 3.34. The summed E-state index contributed by atoms with van der Waals surface area (Å²) in [5.41, 5.74) is 0.845. The van der Waals surface area contributed by atoms with E-state index in [0.717, 1.165) is 31.5 Å². The van der Waals surface area contributed by atoms with Crippen molar-refractivity contribution >= 4 is 17.5 Å². The highest BCUT2D eigenvalue weighted by Gasteiger charge is 2.25. The van der Waals surface area contributed by atoms with E-state index in [0.29, 0.717) is 42.2 Å². The lowest BCUT2D eigenvalue weighted by atomic mass is 10.0. The van der Waals surface area contributed by atoms with Crippen molar-refractivity contribution < 1.29 is 14.3 Å². The fourth-order valence-corrected chi connectivity index (χ4v) is 3.63. The van der Waals surface area contributed by atoms with Crippen LogP contribution in [0.4, 0.5) is 0 Å². The van der Waals surface area contributed by atoms with Crippen molar-refractivity contribution in [3.63, 3.8) is 0 Å². The summed E-state index contributed by atoms with van der Waals surface area (Å²) >= 11 is 6.25. The van der Waals surface area contributed by atoms with Gasteiger partial charge in [-0.3, -0.25) is 4.79 Å². The van der Waals surface area contributed by atoms with Gasteiger partial charge in [0, 0.05) is 13.1 Å². The number of hydrogen-bond acceptors (Lipinski definition) is 5. The Balaban J connectivity index is 1.39. The van der Waals surface area contributed by atoms with Crippen molar-refractivity contribution in [2.24, 2.45) is 0 Å². The third-order valence-corrected chi connectivity index (χ3v) is 4.92. The van der Waals surface area contributed by atoms with Crippen molar-refractivity contribution in [1.29, 1.82) is 0 Å². The third kappa shape index (κ3) is 3.42. The molecule has 2 aromatic rings. The van der Waals surface area contributed by atoms with Gasteiger partial charge in [-0.1, -0.05) is 11.6 Å². The van der Waals surface area contributed by atoms with Gasteiger partial charge in [0.15, 0.2) is 11.5 Å². The number of carbonyl (C=O) groups excluding carboxylic acids is 1. The molecule has 1 amide bonds. The molecule has 1 saturated heterocycles. The molecule has 3 heterocycles. The number of ether oxygens (including phenoxy) is 2. The minimum atomic E-state index is 0.102. The quantitative estimate of drug-likeness (QED) is 0.836. The number of carbonyl (C=O) groups is 1. The molecule has 1 fully saturated rings. The number of hydrogen-bond donors (Lipinski definition) is 0. The van der Waals surface area contributed by atoms with Gasteiger partial charge < -0.3 is 14.4 Å². The van der Waals surface area contributed by atoms with E-state index < -0.39 is 0 Å². The highest BCUT2D eigenvalue weighted by atomic mass is 35.5. The maximum Gasteiger partial charge on any atom is 0.226 e. The number of rotatable bonds is 3. The number of fused-ring (bicyclic) bond motifs is 1. The molecule has 0 bridgehead atoms. The zero-order chi connectivity index (χ0) is 17.2. The summed E-state index contributed by atoms with van der Waals surface area (Å²) < 4.78 is 13.0. The maximum atomic E-state index is 12.6. The molecule has 2 aliphatic heterocycles. The van der Waals surface area contributed by atoms with Gasteiger partial charge in [-0.2, -0.15) is 5.10 Å². The van der Waals surface area contributed by atoms with Crippen LogP contribution >= 0.6 is 11.6 Å². The summed E-state index contributed by atoms with van der Waals surface area (Å²) in [6.45, 7) is 2.44. The van der Waals surface area contributed by atoms with E-state index in [1.54, 1.807) is 18.7 Å². The van der Waals surface area contributed by atoms with Gasteiger partial charge in [0.05, 0.1) is 17.5 Å². The van der Waals surface area contributed by atoms with Crippen molar-refractivity contribution in [1.82, 2.24) is 19.7 Å². The molecule has 132 valence electrons. The number of likely N-dealkylation sites (tertiary alicyclic amines) is 1. The number of halogens is 1. The first-order valence-electron chi connectivity index (χ1n) is 8.40. The van der Waals surface area contributed by atoms with Crippen LogP contribution < -0.4 is 9.47 Å². The normalized spacial score (nSPS) is 17.6. The molecule has 7 nitrogen and oxygen atoms in total. The minimum Gasteiger partial charge on any atom is -0.486 e. The molecule has 4 rings (SSSR count). The topological polar surface area (TPSA) is 69.5 Å².